The molecular weight excluding hydrogens is 254 g/mol. The van der Waals surface area contributed by atoms with Crippen molar-refractivity contribution in [2.75, 3.05) is 38.3 Å². The van der Waals surface area contributed by atoms with E-state index in [1.165, 1.54) is 6.42 Å². The third-order valence-electron chi connectivity index (χ3n) is 3.40. The average molecular weight is 279 g/mol. The zero-order valence-corrected chi connectivity index (χ0v) is 12.5. The minimum absolute atomic E-state index is 0.578. The topological polar surface area (TPSA) is 39.7 Å². The molecule has 2 rings (SSSR count). The molecular formula is C16H25NO3. The van der Waals surface area contributed by atoms with Crippen LogP contribution in [0.2, 0.25) is 0 Å². The lowest BCUT2D eigenvalue weighted by Gasteiger charge is -2.23. The van der Waals surface area contributed by atoms with E-state index in [-0.39, 0.29) is 0 Å². The third kappa shape index (κ3) is 4.30. The molecule has 20 heavy (non-hydrogen) atoms. The Labute approximate surface area is 121 Å². The molecule has 1 aromatic rings. The molecule has 0 bridgehead atoms. The number of hydrogen-bond donors (Lipinski definition) is 1. The van der Waals surface area contributed by atoms with Gasteiger partial charge in [0.15, 0.2) is 0 Å². The Hall–Kier alpha value is -1.42. The van der Waals surface area contributed by atoms with Crippen LogP contribution in [0.3, 0.4) is 0 Å². The van der Waals surface area contributed by atoms with Gasteiger partial charge in [-0.2, -0.15) is 0 Å². The van der Waals surface area contributed by atoms with Crippen LogP contribution >= 0.6 is 0 Å². The first-order valence-corrected chi connectivity index (χ1v) is 7.54. The van der Waals surface area contributed by atoms with Crippen molar-refractivity contribution in [3.05, 3.63) is 18.2 Å². The highest BCUT2D eigenvalue weighted by molar-refractivity contribution is 5.59. The molecule has 1 aliphatic heterocycles. The molecule has 1 atom stereocenters. The zero-order chi connectivity index (χ0) is 14.2. The summed E-state index contributed by atoms with van der Waals surface area (Å²) in [6.07, 6.45) is 2.38. The molecule has 4 nitrogen and oxygen atoms in total. The van der Waals surface area contributed by atoms with Gasteiger partial charge < -0.3 is 19.5 Å². The Bertz CT molecular complexity index is 403. The Morgan fingerprint density at radius 2 is 2.10 bits per heavy atom. The Kier molecular flexibility index (Phi) is 5.99. The van der Waals surface area contributed by atoms with Crippen LogP contribution in [-0.2, 0) is 4.74 Å². The first-order valence-electron chi connectivity index (χ1n) is 7.54. The maximum Gasteiger partial charge on any atom is 0.142 e. The van der Waals surface area contributed by atoms with Crippen LogP contribution in [0.15, 0.2) is 18.2 Å². The van der Waals surface area contributed by atoms with Gasteiger partial charge in [0.1, 0.15) is 11.5 Å². The predicted molar refractivity (Wildman–Crippen MR) is 80.8 cm³/mol. The molecule has 0 aromatic heterocycles. The van der Waals surface area contributed by atoms with Gasteiger partial charge in [0.05, 0.1) is 25.5 Å². The number of rotatable bonds is 7. The first kappa shape index (κ1) is 15.0. The summed E-state index contributed by atoms with van der Waals surface area (Å²) in [7, 11) is 0. The van der Waals surface area contributed by atoms with Crippen LogP contribution in [0.25, 0.3) is 0 Å². The second-order valence-electron chi connectivity index (χ2n) is 4.99. The molecule has 1 saturated heterocycles. The number of benzene rings is 1. The second kappa shape index (κ2) is 8.00. The summed E-state index contributed by atoms with van der Waals surface area (Å²) in [4.78, 5) is 0. The highest BCUT2D eigenvalue weighted by atomic mass is 16.5. The molecule has 0 aliphatic carbocycles. The number of anilines is 1. The standard InChI is InChI=1S/C16H25NO3/c1-3-19-14-7-8-16(20-4-2)15(10-14)17-11-13-6-5-9-18-12-13/h7-8,10,13,17H,3-6,9,11-12H2,1-2H3. The van der Waals surface area contributed by atoms with Gasteiger partial charge in [0.2, 0.25) is 0 Å². The molecule has 1 heterocycles. The molecule has 1 aliphatic rings. The average Bonchev–Trinajstić information content (AvgIpc) is 2.49. The van der Waals surface area contributed by atoms with E-state index in [4.69, 9.17) is 14.2 Å². The highest BCUT2D eigenvalue weighted by Gasteiger charge is 2.14. The van der Waals surface area contributed by atoms with Gasteiger partial charge in [-0.3, -0.25) is 0 Å². The first-order chi connectivity index (χ1) is 9.83. The van der Waals surface area contributed by atoms with E-state index in [0.717, 1.165) is 43.4 Å². The summed E-state index contributed by atoms with van der Waals surface area (Å²) in [5.41, 5.74) is 1.00. The van der Waals surface area contributed by atoms with Crippen LogP contribution < -0.4 is 14.8 Å². The third-order valence-corrected chi connectivity index (χ3v) is 3.40. The molecule has 4 heteroatoms. The van der Waals surface area contributed by atoms with Crippen LogP contribution in [0.1, 0.15) is 26.7 Å². The van der Waals surface area contributed by atoms with Crippen molar-refractivity contribution >= 4 is 5.69 Å². The molecule has 0 radical (unpaired) electrons. The minimum Gasteiger partial charge on any atom is -0.494 e. The highest BCUT2D eigenvalue weighted by Crippen LogP contribution is 2.30. The fraction of sp³-hybridized carbons (Fsp3) is 0.625. The van der Waals surface area contributed by atoms with E-state index < -0.39 is 0 Å². The fourth-order valence-corrected chi connectivity index (χ4v) is 2.41. The molecule has 0 spiro atoms. The van der Waals surface area contributed by atoms with Crippen molar-refractivity contribution < 1.29 is 14.2 Å². The summed E-state index contributed by atoms with van der Waals surface area (Å²) in [5.74, 6) is 2.33. The van der Waals surface area contributed by atoms with Crippen molar-refractivity contribution in [2.24, 2.45) is 5.92 Å². The van der Waals surface area contributed by atoms with E-state index in [2.05, 4.69) is 5.32 Å². The lowest BCUT2D eigenvalue weighted by Crippen LogP contribution is -2.24. The predicted octanol–water partition coefficient (Wildman–Crippen LogP) is 3.32. The number of ether oxygens (including phenoxy) is 3. The van der Waals surface area contributed by atoms with Crippen molar-refractivity contribution in [1.29, 1.82) is 0 Å². The van der Waals surface area contributed by atoms with E-state index in [1.807, 2.05) is 32.0 Å². The van der Waals surface area contributed by atoms with Gasteiger partial charge in [-0.05, 0) is 44.7 Å². The van der Waals surface area contributed by atoms with Crippen molar-refractivity contribution in [2.45, 2.75) is 26.7 Å². The van der Waals surface area contributed by atoms with Gasteiger partial charge >= 0.3 is 0 Å². The van der Waals surface area contributed by atoms with Crippen LogP contribution in [0.4, 0.5) is 5.69 Å². The second-order valence-corrected chi connectivity index (χ2v) is 4.99. The smallest absolute Gasteiger partial charge is 0.142 e. The van der Waals surface area contributed by atoms with Gasteiger partial charge in [-0.1, -0.05) is 0 Å². The largest absolute Gasteiger partial charge is 0.494 e. The molecule has 112 valence electrons. The lowest BCUT2D eigenvalue weighted by atomic mass is 10.0. The SMILES string of the molecule is CCOc1ccc(OCC)c(NCC2CCCOC2)c1. The number of nitrogens with one attached hydrogen (secondary N) is 1. The van der Waals surface area contributed by atoms with Crippen LogP contribution in [0.5, 0.6) is 11.5 Å². The quantitative estimate of drug-likeness (QED) is 0.831. The summed E-state index contributed by atoms with van der Waals surface area (Å²) >= 11 is 0. The molecule has 1 aromatic carbocycles. The Balaban J connectivity index is 2.00. The molecule has 1 N–H and O–H groups in total. The van der Waals surface area contributed by atoms with E-state index >= 15 is 0 Å². The molecule has 0 saturated carbocycles. The molecule has 1 unspecified atom stereocenters. The zero-order valence-electron chi connectivity index (χ0n) is 12.5. The Morgan fingerprint density at radius 3 is 2.80 bits per heavy atom. The van der Waals surface area contributed by atoms with Gasteiger partial charge in [-0.15, -0.1) is 0 Å². The normalized spacial score (nSPS) is 18.6. The van der Waals surface area contributed by atoms with Crippen molar-refractivity contribution in [3.63, 3.8) is 0 Å². The van der Waals surface area contributed by atoms with E-state index in [1.54, 1.807) is 0 Å². The summed E-state index contributed by atoms with van der Waals surface area (Å²) in [6, 6.07) is 5.93. The van der Waals surface area contributed by atoms with Gasteiger partial charge in [0.25, 0.3) is 0 Å². The van der Waals surface area contributed by atoms with E-state index in [0.29, 0.717) is 19.1 Å². The number of hydrogen-bond acceptors (Lipinski definition) is 4. The van der Waals surface area contributed by atoms with Crippen molar-refractivity contribution in [1.82, 2.24) is 0 Å². The molecule has 0 amide bonds. The lowest BCUT2D eigenvalue weighted by molar-refractivity contribution is 0.0595. The maximum atomic E-state index is 5.66. The fourth-order valence-electron chi connectivity index (χ4n) is 2.41. The van der Waals surface area contributed by atoms with Gasteiger partial charge in [-0.25, -0.2) is 0 Å². The summed E-state index contributed by atoms with van der Waals surface area (Å²) < 4.78 is 16.7. The maximum absolute atomic E-state index is 5.66. The Morgan fingerprint density at radius 1 is 1.25 bits per heavy atom. The van der Waals surface area contributed by atoms with E-state index in [9.17, 15) is 0 Å². The van der Waals surface area contributed by atoms with Crippen molar-refractivity contribution in [3.8, 4) is 11.5 Å². The van der Waals surface area contributed by atoms with Crippen LogP contribution in [0, 0.1) is 5.92 Å². The van der Waals surface area contributed by atoms with Gasteiger partial charge in [0, 0.05) is 19.2 Å². The monoisotopic (exact) mass is 279 g/mol. The molecule has 1 fully saturated rings. The minimum atomic E-state index is 0.578. The summed E-state index contributed by atoms with van der Waals surface area (Å²) in [6.45, 7) is 7.98. The van der Waals surface area contributed by atoms with Crippen LogP contribution in [-0.4, -0.2) is 33.0 Å². The summed E-state index contributed by atoms with van der Waals surface area (Å²) in [5, 5.41) is 3.48.